The van der Waals surface area contributed by atoms with Crippen LogP contribution in [-0.4, -0.2) is 6.29 Å². The quantitative estimate of drug-likeness (QED) is 0.326. The van der Waals surface area contributed by atoms with E-state index in [1.54, 1.807) is 6.08 Å². The topological polar surface area (TPSA) is 17.1 Å². The Hall–Kier alpha value is -0.590. The average molecular weight is 140 g/mol. The summed E-state index contributed by atoms with van der Waals surface area (Å²) < 4.78 is 0. The molecule has 0 saturated heterocycles. The standard InChI is InChI=1S/C9H16O/c1-9(2)7-5-3-4-6-8-10/h4,6,8-9H,3,5,7H2,1-2H3. The van der Waals surface area contributed by atoms with E-state index in [0.29, 0.717) is 0 Å². The van der Waals surface area contributed by atoms with Gasteiger partial charge in [0.25, 0.3) is 0 Å². The molecular formula is C9H16O. The van der Waals surface area contributed by atoms with Crippen LogP contribution in [0.4, 0.5) is 0 Å². The van der Waals surface area contributed by atoms with Gasteiger partial charge in [-0.15, -0.1) is 0 Å². The molecule has 0 aliphatic carbocycles. The summed E-state index contributed by atoms with van der Waals surface area (Å²) in [5, 5.41) is 0. The summed E-state index contributed by atoms with van der Waals surface area (Å²) in [5.74, 6) is 0.782. The SMILES string of the molecule is CC(C)CCCC=CC=O. The van der Waals surface area contributed by atoms with Gasteiger partial charge in [0.05, 0.1) is 0 Å². The zero-order chi connectivity index (χ0) is 7.82. The Labute approximate surface area is 63.1 Å². The van der Waals surface area contributed by atoms with Gasteiger partial charge in [-0.3, -0.25) is 4.79 Å². The second kappa shape index (κ2) is 6.53. The van der Waals surface area contributed by atoms with E-state index < -0.39 is 0 Å². The van der Waals surface area contributed by atoms with Crippen LogP contribution in [-0.2, 0) is 4.79 Å². The van der Waals surface area contributed by atoms with Gasteiger partial charge in [-0.2, -0.15) is 0 Å². The lowest BCUT2D eigenvalue weighted by molar-refractivity contribution is -0.104. The van der Waals surface area contributed by atoms with E-state index >= 15 is 0 Å². The van der Waals surface area contributed by atoms with E-state index in [4.69, 9.17) is 0 Å². The van der Waals surface area contributed by atoms with Crippen LogP contribution >= 0.6 is 0 Å². The maximum absolute atomic E-state index is 9.82. The Bertz CT molecular complexity index is 103. The molecule has 0 aromatic carbocycles. The van der Waals surface area contributed by atoms with Crippen molar-refractivity contribution >= 4 is 6.29 Å². The molecule has 0 bridgehead atoms. The van der Waals surface area contributed by atoms with Crippen molar-refractivity contribution in [2.75, 3.05) is 0 Å². The van der Waals surface area contributed by atoms with Crippen LogP contribution in [0, 0.1) is 5.92 Å². The normalized spacial score (nSPS) is 11.1. The van der Waals surface area contributed by atoms with E-state index in [1.165, 1.54) is 12.8 Å². The predicted molar refractivity (Wildman–Crippen MR) is 43.9 cm³/mol. The Kier molecular flexibility index (Phi) is 6.14. The fourth-order valence-electron chi connectivity index (χ4n) is 0.796. The van der Waals surface area contributed by atoms with Gasteiger partial charge in [0.2, 0.25) is 0 Å². The van der Waals surface area contributed by atoms with Crippen LogP contribution in [0.25, 0.3) is 0 Å². The van der Waals surface area contributed by atoms with Crippen molar-refractivity contribution in [3.05, 3.63) is 12.2 Å². The number of hydrogen-bond acceptors (Lipinski definition) is 1. The van der Waals surface area contributed by atoms with Gasteiger partial charge in [-0.1, -0.05) is 26.3 Å². The summed E-state index contributed by atoms with van der Waals surface area (Å²) in [7, 11) is 0. The van der Waals surface area contributed by atoms with Crippen LogP contribution in [0.15, 0.2) is 12.2 Å². The van der Waals surface area contributed by atoms with E-state index in [9.17, 15) is 4.79 Å². The van der Waals surface area contributed by atoms with Gasteiger partial charge in [-0.25, -0.2) is 0 Å². The fraction of sp³-hybridized carbons (Fsp3) is 0.667. The van der Waals surface area contributed by atoms with Crippen molar-refractivity contribution in [1.82, 2.24) is 0 Å². The number of carbonyl (C=O) groups is 1. The van der Waals surface area contributed by atoms with Gasteiger partial charge in [-0.05, 0) is 24.8 Å². The first-order valence-electron chi connectivity index (χ1n) is 3.87. The highest BCUT2D eigenvalue weighted by atomic mass is 16.1. The summed E-state index contributed by atoms with van der Waals surface area (Å²) in [4.78, 5) is 9.82. The average Bonchev–Trinajstić information content (AvgIpc) is 1.87. The summed E-state index contributed by atoms with van der Waals surface area (Å²) in [6.07, 6.45) is 7.81. The highest BCUT2D eigenvalue weighted by molar-refractivity contribution is 5.64. The predicted octanol–water partition coefficient (Wildman–Crippen LogP) is 2.57. The summed E-state index contributed by atoms with van der Waals surface area (Å²) in [6.45, 7) is 4.42. The largest absolute Gasteiger partial charge is 0.299 e. The first-order chi connectivity index (χ1) is 4.77. The summed E-state index contributed by atoms with van der Waals surface area (Å²) in [6, 6.07) is 0. The zero-order valence-corrected chi connectivity index (χ0v) is 6.84. The highest BCUT2D eigenvalue weighted by Crippen LogP contribution is 2.05. The summed E-state index contributed by atoms with van der Waals surface area (Å²) in [5.41, 5.74) is 0. The van der Waals surface area contributed by atoms with Gasteiger partial charge in [0.1, 0.15) is 6.29 Å². The maximum atomic E-state index is 9.82. The third kappa shape index (κ3) is 7.41. The monoisotopic (exact) mass is 140 g/mol. The highest BCUT2D eigenvalue weighted by Gasteiger charge is 1.90. The molecule has 1 nitrogen and oxygen atoms in total. The van der Waals surface area contributed by atoms with Gasteiger partial charge < -0.3 is 0 Å². The molecule has 0 rings (SSSR count). The van der Waals surface area contributed by atoms with Crippen LogP contribution in [0.3, 0.4) is 0 Å². The first-order valence-corrected chi connectivity index (χ1v) is 3.87. The third-order valence-corrected chi connectivity index (χ3v) is 1.37. The molecule has 0 unspecified atom stereocenters. The molecule has 58 valence electrons. The van der Waals surface area contributed by atoms with E-state index in [-0.39, 0.29) is 0 Å². The van der Waals surface area contributed by atoms with Crippen LogP contribution in [0.5, 0.6) is 0 Å². The lowest BCUT2D eigenvalue weighted by Gasteiger charge is -1.99. The van der Waals surface area contributed by atoms with Crippen molar-refractivity contribution in [1.29, 1.82) is 0 Å². The zero-order valence-electron chi connectivity index (χ0n) is 6.84. The Morgan fingerprint density at radius 3 is 2.60 bits per heavy atom. The second-order valence-corrected chi connectivity index (χ2v) is 2.89. The lowest BCUT2D eigenvalue weighted by Crippen LogP contribution is -1.84. The molecule has 1 heteroatoms. The molecule has 0 radical (unpaired) electrons. The van der Waals surface area contributed by atoms with Crippen molar-refractivity contribution in [3.8, 4) is 0 Å². The molecule has 0 amide bonds. The number of unbranched alkanes of at least 4 members (excludes halogenated alkanes) is 1. The van der Waals surface area contributed by atoms with Crippen LogP contribution < -0.4 is 0 Å². The molecular weight excluding hydrogens is 124 g/mol. The fourth-order valence-corrected chi connectivity index (χ4v) is 0.796. The molecule has 0 aliphatic heterocycles. The van der Waals surface area contributed by atoms with E-state index in [0.717, 1.165) is 18.6 Å². The van der Waals surface area contributed by atoms with E-state index in [2.05, 4.69) is 13.8 Å². The number of aldehydes is 1. The molecule has 0 saturated carbocycles. The molecule has 0 fully saturated rings. The molecule has 10 heavy (non-hydrogen) atoms. The van der Waals surface area contributed by atoms with Crippen LogP contribution in [0.1, 0.15) is 33.1 Å². The molecule has 0 aromatic rings. The van der Waals surface area contributed by atoms with Gasteiger partial charge >= 0.3 is 0 Å². The Balaban J connectivity index is 3.04. The second-order valence-electron chi connectivity index (χ2n) is 2.89. The number of allylic oxidation sites excluding steroid dienone is 2. The van der Waals surface area contributed by atoms with Crippen LogP contribution in [0.2, 0.25) is 0 Å². The maximum Gasteiger partial charge on any atom is 0.142 e. The molecule has 0 N–H and O–H groups in total. The molecule has 0 atom stereocenters. The third-order valence-electron chi connectivity index (χ3n) is 1.37. The van der Waals surface area contributed by atoms with Gasteiger partial charge in [0, 0.05) is 0 Å². The van der Waals surface area contributed by atoms with Gasteiger partial charge in [0.15, 0.2) is 0 Å². The van der Waals surface area contributed by atoms with E-state index in [1.807, 2.05) is 6.08 Å². The first kappa shape index (κ1) is 9.41. The molecule has 0 spiro atoms. The summed E-state index contributed by atoms with van der Waals surface area (Å²) >= 11 is 0. The molecule has 0 heterocycles. The minimum absolute atomic E-state index is 0.782. The minimum Gasteiger partial charge on any atom is -0.299 e. The molecule has 0 aliphatic rings. The minimum atomic E-state index is 0.782. The smallest absolute Gasteiger partial charge is 0.142 e. The van der Waals surface area contributed by atoms with Crippen molar-refractivity contribution < 1.29 is 4.79 Å². The van der Waals surface area contributed by atoms with Crippen molar-refractivity contribution in [3.63, 3.8) is 0 Å². The Morgan fingerprint density at radius 1 is 1.40 bits per heavy atom. The van der Waals surface area contributed by atoms with Crippen molar-refractivity contribution in [2.45, 2.75) is 33.1 Å². The van der Waals surface area contributed by atoms with Crippen molar-refractivity contribution in [2.24, 2.45) is 5.92 Å². The Morgan fingerprint density at radius 2 is 2.10 bits per heavy atom. The lowest BCUT2D eigenvalue weighted by atomic mass is 10.1. The molecule has 0 aromatic heterocycles. The number of hydrogen-bond donors (Lipinski definition) is 0. The number of rotatable bonds is 5. The number of carbonyl (C=O) groups excluding carboxylic acids is 1.